The zero-order valence-electron chi connectivity index (χ0n) is 12.7. The number of hydrogen-bond acceptors (Lipinski definition) is 3. The summed E-state index contributed by atoms with van der Waals surface area (Å²) in [6, 6.07) is 8.61. The Kier molecular flexibility index (Phi) is 4.25. The zero-order chi connectivity index (χ0) is 14.7. The topological polar surface area (TPSA) is 39.1 Å². The molecule has 2 aromatic rings. The fraction of sp³-hybridized carbons (Fsp3) is 0.471. The van der Waals surface area contributed by atoms with Gasteiger partial charge >= 0.3 is 0 Å². The van der Waals surface area contributed by atoms with Crippen LogP contribution in [-0.4, -0.2) is 29.8 Å². The van der Waals surface area contributed by atoms with Crippen LogP contribution in [0.4, 0.5) is 0 Å². The predicted octanol–water partition coefficient (Wildman–Crippen LogP) is 2.97. The van der Waals surface area contributed by atoms with Crippen LogP contribution in [0.1, 0.15) is 43.0 Å². The molecule has 1 fully saturated rings. The van der Waals surface area contributed by atoms with E-state index in [0.717, 1.165) is 18.8 Å². The van der Waals surface area contributed by atoms with Crippen molar-refractivity contribution in [2.75, 3.05) is 20.2 Å². The number of aromatic nitrogens is 2. The van der Waals surface area contributed by atoms with Gasteiger partial charge in [-0.15, -0.1) is 0 Å². The van der Waals surface area contributed by atoms with Crippen LogP contribution in [0.2, 0.25) is 0 Å². The lowest BCUT2D eigenvalue weighted by molar-refractivity contribution is 0.414. The summed E-state index contributed by atoms with van der Waals surface area (Å²) in [6.07, 6.45) is 6.39. The Labute approximate surface area is 126 Å². The number of nitrogens with zero attached hydrogens (tertiary/aromatic N) is 2. The monoisotopic (exact) mass is 285 g/mol. The maximum Gasteiger partial charge on any atom is 0.118 e. The third-order valence-electron chi connectivity index (χ3n) is 4.47. The molecule has 1 aliphatic rings. The summed E-state index contributed by atoms with van der Waals surface area (Å²) < 4.78 is 7.55. The molecular formula is C17H23N3O. The Morgan fingerprint density at radius 3 is 2.62 bits per heavy atom. The first-order valence-electron chi connectivity index (χ1n) is 7.66. The summed E-state index contributed by atoms with van der Waals surface area (Å²) >= 11 is 0. The average molecular weight is 285 g/mol. The van der Waals surface area contributed by atoms with Crippen LogP contribution >= 0.6 is 0 Å². The van der Waals surface area contributed by atoms with Crippen molar-refractivity contribution in [2.45, 2.75) is 31.7 Å². The molecule has 0 aliphatic carbocycles. The minimum Gasteiger partial charge on any atom is -0.497 e. The van der Waals surface area contributed by atoms with E-state index in [1.165, 1.54) is 24.1 Å². The summed E-state index contributed by atoms with van der Waals surface area (Å²) in [4.78, 5) is 4.40. The van der Waals surface area contributed by atoms with Gasteiger partial charge < -0.3 is 14.6 Å². The first-order valence-corrected chi connectivity index (χ1v) is 7.66. The van der Waals surface area contributed by atoms with Crippen molar-refractivity contribution in [1.29, 1.82) is 0 Å². The van der Waals surface area contributed by atoms with Gasteiger partial charge in [0.25, 0.3) is 0 Å². The lowest BCUT2D eigenvalue weighted by Gasteiger charge is -2.26. The second-order valence-corrected chi connectivity index (χ2v) is 5.70. The molecule has 112 valence electrons. The molecule has 3 rings (SSSR count). The van der Waals surface area contributed by atoms with E-state index in [-0.39, 0.29) is 0 Å². The van der Waals surface area contributed by atoms with E-state index in [1.54, 1.807) is 7.11 Å². The Hall–Kier alpha value is -1.81. The van der Waals surface area contributed by atoms with E-state index in [2.05, 4.69) is 33.9 Å². The SMILES string of the molecule is COc1ccc(C(C)n2cncc2C2CCNCC2)cc1. The van der Waals surface area contributed by atoms with Gasteiger partial charge in [-0.25, -0.2) is 4.98 Å². The highest BCUT2D eigenvalue weighted by Crippen LogP contribution is 2.29. The second-order valence-electron chi connectivity index (χ2n) is 5.70. The third kappa shape index (κ3) is 2.95. The van der Waals surface area contributed by atoms with Crippen LogP contribution in [-0.2, 0) is 0 Å². The number of rotatable bonds is 4. The number of imidazole rings is 1. The molecule has 2 heterocycles. The minimum absolute atomic E-state index is 0.295. The highest BCUT2D eigenvalue weighted by Gasteiger charge is 2.21. The Balaban J connectivity index is 1.83. The molecule has 0 bridgehead atoms. The van der Waals surface area contributed by atoms with Gasteiger partial charge in [0, 0.05) is 17.8 Å². The molecule has 1 saturated heterocycles. The van der Waals surface area contributed by atoms with Crippen LogP contribution in [0.25, 0.3) is 0 Å². The largest absolute Gasteiger partial charge is 0.497 e. The first-order chi connectivity index (χ1) is 10.3. The number of hydrogen-bond donors (Lipinski definition) is 1. The minimum atomic E-state index is 0.295. The van der Waals surface area contributed by atoms with Crippen molar-refractivity contribution in [3.63, 3.8) is 0 Å². The molecule has 0 spiro atoms. The van der Waals surface area contributed by atoms with Gasteiger partial charge in [-0.2, -0.15) is 0 Å². The molecule has 1 atom stereocenters. The van der Waals surface area contributed by atoms with Crippen molar-refractivity contribution in [3.05, 3.63) is 48.0 Å². The molecule has 0 amide bonds. The fourth-order valence-electron chi connectivity index (χ4n) is 3.12. The summed E-state index contributed by atoms with van der Waals surface area (Å²) in [5, 5.41) is 3.43. The molecule has 4 nitrogen and oxygen atoms in total. The maximum absolute atomic E-state index is 5.23. The van der Waals surface area contributed by atoms with Crippen molar-refractivity contribution in [1.82, 2.24) is 14.9 Å². The van der Waals surface area contributed by atoms with Crippen molar-refractivity contribution in [2.24, 2.45) is 0 Å². The molecule has 1 aliphatic heterocycles. The molecule has 1 unspecified atom stereocenters. The number of methoxy groups -OCH3 is 1. The zero-order valence-corrected chi connectivity index (χ0v) is 12.7. The van der Waals surface area contributed by atoms with Gasteiger partial charge in [0.05, 0.1) is 19.5 Å². The first kappa shape index (κ1) is 14.1. The summed E-state index contributed by atoms with van der Waals surface area (Å²) in [6.45, 7) is 4.44. The van der Waals surface area contributed by atoms with E-state index in [9.17, 15) is 0 Å². The van der Waals surface area contributed by atoms with Crippen LogP contribution in [0, 0.1) is 0 Å². The van der Waals surface area contributed by atoms with E-state index in [4.69, 9.17) is 4.74 Å². The van der Waals surface area contributed by atoms with E-state index < -0.39 is 0 Å². The van der Waals surface area contributed by atoms with E-state index in [0.29, 0.717) is 12.0 Å². The third-order valence-corrected chi connectivity index (χ3v) is 4.47. The summed E-state index contributed by atoms with van der Waals surface area (Å²) in [5.41, 5.74) is 2.64. The molecule has 0 saturated carbocycles. The van der Waals surface area contributed by atoms with Crippen molar-refractivity contribution < 1.29 is 4.74 Å². The lowest BCUT2D eigenvalue weighted by Crippen LogP contribution is -2.28. The molecule has 1 aromatic heterocycles. The maximum atomic E-state index is 5.23. The predicted molar refractivity (Wildman–Crippen MR) is 83.9 cm³/mol. The molecule has 1 aromatic carbocycles. The molecular weight excluding hydrogens is 262 g/mol. The van der Waals surface area contributed by atoms with Gasteiger partial charge in [-0.05, 0) is 50.6 Å². The lowest BCUT2D eigenvalue weighted by atomic mass is 9.94. The number of piperidine rings is 1. The standard InChI is InChI=1S/C17H23N3O/c1-13(14-3-5-16(21-2)6-4-14)20-12-19-11-17(20)15-7-9-18-10-8-15/h3-6,11-13,15,18H,7-10H2,1-2H3. The van der Waals surface area contributed by atoms with Crippen LogP contribution in [0.3, 0.4) is 0 Å². The van der Waals surface area contributed by atoms with E-state index >= 15 is 0 Å². The Morgan fingerprint density at radius 1 is 1.24 bits per heavy atom. The molecule has 0 radical (unpaired) electrons. The van der Waals surface area contributed by atoms with Crippen molar-refractivity contribution in [3.8, 4) is 5.75 Å². The van der Waals surface area contributed by atoms with Gasteiger partial charge in [0.2, 0.25) is 0 Å². The number of ether oxygens (including phenoxy) is 1. The highest BCUT2D eigenvalue weighted by atomic mass is 16.5. The van der Waals surface area contributed by atoms with Gasteiger partial charge in [-0.3, -0.25) is 0 Å². The normalized spacial score (nSPS) is 17.6. The fourth-order valence-corrected chi connectivity index (χ4v) is 3.12. The highest BCUT2D eigenvalue weighted by molar-refractivity contribution is 5.30. The Morgan fingerprint density at radius 2 is 1.95 bits per heavy atom. The molecule has 1 N–H and O–H groups in total. The van der Waals surface area contributed by atoms with Crippen LogP contribution in [0.15, 0.2) is 36.8 Å². The average Bonchev–Trinajstić information content (AvgIpc) is 3.04. The smallest absolute Gasteiger partial charge is 0.118 e. The second kappa shape index (κ2) is 6.31. The van der Waals surface area contributed by atoms with Gasteiger partial charge in [0.1, 0.15) is 5.75 Å². The van der Waals surface area contributed by atoms with Gasteiger partial charge in [-0.1, -0.05) is 12.1 Å². The Bertz CT molecular complexity index is 570. The number of nitrogens with one attached hydrogen (secondary N) is 1. The summed E-state index contributed by atoms with van der Waals surface area (Å²) in [5.74, 6) is 1.52. The van der Waals surface area contributed by atoms with E-state index in [1.807, 2.05) is 24.7 Å². The quantitative estimate of drug-likeness (QED) is 0.938. The summed E-state index contributed by atoms with van der Waals surface area (Å²) in [7, 11) is 1.70. The number of benzene rings is 1. The van der Waals surface area contributed by atoms with Gasteiger partial charge in [0.15, 0.2) is 0 Å². The molecule has 21 heavy (non-hydrogen) atoms. The van der Waals surface area contributed by atoms with Crippen LogP contribution in [0.5, 0.6) is 5.75 Å². The molecule has 4 heteroatoms. The van der Waals surface area contributed by atoms with Crippen molar-refractivity contribution >= 4 is 0 Å². The van der Waals surface area contributed by atoms with Crippen LogP contribution < -0.4 is 10.1 Å².